The molecule has 1 saturated heterocycles. The van der Waals surface area contributed by atoms with Gasteiger partial charge in [0.05, 0.1) is 5.69 Å². The molecule has 0 aliphatic carbocycles. The molecule has 128 valence electrons. The summed E-state index contributed by atoms with van der Waals surface area (Å²) >= 11 is 0. The molecule has 1 aromatic carbocycles. The van der Waals surface area contributed by atoms with Crippen LogP contribution >= 0.6 is 0 Å². The Labute approximate surface area is 143 Å². The second-order valence-electron chi connectivity index (χ2n) is 6.93. The van der Waals surface area contributed by atoms with E-state index in [1.165, 1.54) is 5.01 Å². The van der Waals surface area contributed by atoms with Gasteiger partial charge >= 0.3 is 0 Å². The van der Waals surface area contributed by atoms with E-state index in [4.69, 9.17) is 0 Å². The van der Waals surface area contributed by atoms with Crippen LogP contribution in [0, 0.1) is 6.92 Å². The van der Waals surface area contributed by atoms with Gasteiger partial charge in [0, 0.05) is 24.9 Å². The average molecular weight is 327 g/mol. The highest BCUT2D eigenvalue weighted by atomic mass is 16.2. The third-order valence-electron chi connectivity index (χ3n) is 4.95. The lowest BCUT2D eigenvalue weighted by molar-refractivity contribution is -0.130. The Morgan fingerprint density at radius 3 is 2.54 bits per heavy atom. The molecule has 1 aromatic rings. The summed E-state index contributed by atoms with van der Waals surface area (Å²) in [6, 6.07) is 8.11. The average Bonchev–Trinajstić information content (AvgIpc) is 2.55. The molecule has 0 spiro atoms. The SMILES string of the molecule is Cc1cccc(N2N=C(C(=O)N3[C@H](C)CCC[C@@H]3C)CCC2=O)c1. The number of rotatable bonds is 2. The van der Waals surface area contributed by atoms with E-state index in [1.807, 2.05) is 36.1 Å². The number of aryl methyl sites for hydroxylation is 1. The molecule has 0 unspecified atom stereocenters. The highest BCUT2D eigenvalue weighted by molar-refractivity contribution is 6.40. The topological polar surface area (TPSA) is 53.0 Å². The van der Waals surface area contributed by atoms with Gasteiger partial charge in [-0.25, -0.2) is 5.01 Å². The maximum atomic E-state index is 13.0. The lowest BCUT2D eigenvalue weighted by Gasteiger charge is -2.39. The van der Waals surface area contributed by atoms with Crippen molar-refractivity contribution in [3.05, 3.63) is 29.8 Å². The number of benzene rings is 1. The summed E-state index contributed by atoms with van der Waals surface area (Å²) < 4.78 is 0. The zero-order chi connectivity index (χ0) is 17.3. The van der Waals surface area contributed by atoms with Crippen molar-refractivity contribution in [2.24, 2.45) is 5.10 Å². The molecule has 2 amide bonds. The third kappa shape index (κ3) is 3.21. The Morgan fingerprint density at radius 2 is 1.88 bits per heavy atom. The van der Waals surface area contributed by atoms with Crippen molar-refractivity contribution in [2.75, 3.05) is 5.01 Å². The number of likely N-dealkylation sites (tertiary alicyclic amines) is 1. The first-order valence-electron chi connectivity index (χ1n) is 8.77. The van der Waals surface area contributed by atoms with Crippen LogP contribution in [-0.2, 0) is 9.59 Å². The molecule has 0 radical (unpaired) electrons. The molecule has 2 atom stereocenters. The minimum atomic E-state index is -0.0584. The quantitative estimate of drug-likeness (QED) is 0.837. The first-order chi connectivity index (χ1) is 11.5. The van der Waals surface area contributed by atoms with Gasteiger partial charge in [0.1, 0.15) is 5.71 Å². The van der Waals surface area contributed by atoms with E-state index >= 15 is 0 Å². The summed E-state index contributed by atoms with van der Waals surface area (Å²) in [4.78, 5) is 27.2. The fourth-order valence-electron chi connectivity index (χ4n) is 3.64. The molecule has 2 heterocycles. The lowest BCUT2D eigenvalue weighted by Crippen LogP contribution is -2.51. The summed E-state index contributed by atoms with van der Waals surface area (Å²) in [5, 5.41) is 5.82. The van der Waals surface area contributed by atoms with Crippen LogP contribution in [0.1, 0.15) is 51.5 Å². The highest BCUT2D eigenvalue weighted by Crippen LogP contribution is 2.26. The van der Waals surface area contributed by atoms with Crippen LogP contribution in [0.2, 0.25) is 0 Å². The number of hydrogen-bond acceptors (Lipinski definition) is 3. The second kappa shape index (κ2) is 6.75. The molecular weight excluding hydrogens is 302 g/mol. The molecule has 0 aromatic heterocycles. The molecule has 0 N–H and O–H groups in total. The summed E-state index contributed by atoms with van der Waals surface area (Å²) in [7, 11) is 0. The van der Waals surface area contributed by atoms with Crippen molar-refractivity contribution in [3.8, 4) is 0 Å². The zero-order valence-electron chi connectivity index (χ0n) is 14.7. The van der Waals surface area contributed by atoms with E-state index in [1.54, 1.807) is 0 Å². The molecular formula is C19H25N3O2. The van der Waals surface area contributed by atoms with Crippen LogP contribution < -0.4 is 5.01 Å². The van der Waals surface area contributed by atoms with Gasteiger partial charge in [-0.3, -0.25) is 9.59 Å². The maximum absolute atomic E-state index is 13.0. The second-order valence-corrected chi connectivity index (χ2v) is 6.93. The number of carbonyl (C=O) groups is 2. The van der Waals surface area contributed by atoms with Crippen molar-refractivity contribution in [3.63, 3.8) is 0 Å². The van der Waals surface area contributed by atoms with E-state index in [-0.39, 0.29) is 23.9 Å². The number of hydrogen-bond donors (Lipinski definition) is 0. The van der Waals surface area contributed by atoms with E-state index < -0.39 is 0 Å². The highest BCUT2D eigenvalue weighted by Gasteiger charge is 2.34. The fraction of sp³-hybridized carbons (Fsp3) is 0.526. The smallest absolute Gasteiger partial charge is 0.270 e. The monoisotopic (exact) mass is 327 g/mol. The van der Waals surface area contributed by atoms with Gasteiger partial charge in [0.2, 0.25) is 5.91 Å². The molecule has 1 fully saturated rings. The zero-order valence-corrected chi connectivity index (χ0v) is 14.7. The van der Waals surface area contributed by atoms with Crippen molar-refractivity contribution in [2.45, 2.75) is 65.0 Å². The molecule has 5 nitrogen and oxygen atoms in total. The van der Waals surface area contributed by atoms with Crippen molar-refractivity contribution < 1.29 is 9.59 Å². The molecule has 0 saturated carbocycles. The van der Waals surface area contributed by atoms with E-state index in [0.29, 0.717) is 18.6 Å². The van der Waals surface area contributed by atoms with Crippen LogP contribution in [0.4, 0.5) is 5.69 Å². The van der Waals surface area contributed by atoms with Crippen molar-refractivity contribution >= 4 is 23.2 Å². The summed E-state index contributed by atoms with van der Waals surface area (Å²) in [5.74, 6) is -0.0725. The number of carbonyl (C=O) groups excluding carboxylic acids is 2. The Kier molecular flexibility index (Phi) is 4.69. The predicted molar refractivity (Wildman–Crippen MR) is 95.0 cm³/mol. The Balaban J connectivity index is 1.88. The van der Waals surface area contributed by atoms with Crippen molar-refractivity contribution in [1.29, 1.82) is 0 Å². The van der Waals surface area contributed by atoms with Gasteiger partial charge in [0.15, 0.2) is 0 Å². The number of amides is 2. The molecule has 24 heavy (non-hydrogen) atoms. The summed E-state index contributed by atoms with van der Waals surface area (Å²) in [6.07, 6.45) is 3.98. The largest absolute Gasteiger partial charge is 0.332 e. The molecule has 2 aliphatic rings. The standard InChI is InChI=1S/C19H25N3O2/c1-13-6-4-9-16(12-13)22-18(23)11-10-17(20-22)19(24)21-14(2)7-5-8-15(21)3/h4,6,9,12,14-15H,5,7-8,10-11H2,1-3H3/t14-,15+. The first-order valence-corrected chi connectivity index (χ1v) is 8.77. The Hall–Kier alpha value is -2.17. The minimum absolute atomic E-state index is 0.0140. The van der Waals surface area contributed by atoms with Crippen LogP contribution in [-0.4, -0.2) is 34.5 Å². The van der Waals surface area contributed by atoms with Crippen LogP contribution in [0.25, 0.3) is 0 Å². The van der Waals surface area contributed by atoms with E-state index in [0.717, 1.165) is 30.5 Å². The van der Waals surface area contributed by atoms with Gasteiger partial charge < -0.3 is 4.90 Å². The predicted octanol–water partition coefficient (Wildman–Crippen LogP) is 3.27. The summed E-state index contributed by atoms with van der Waals surface area (Å²) in [6.45, 7) is 6.17. The normalized spacial score (nSPS) is 24.8. The Morgan fingerprint density at radius 1 is 1.17 bits per heavy atom. The number of hydrazone groups is 1. The fourth-order valence-corrected chi connectivity index (χ4v) is 3.64. The van der Waals surface area contributed by atoms with Gasteiger partial charge in [-0.05, 0) is 57.7 Å². The van der Waals surface area contributed by atoms with Crippen molar-refractivity contribution in [1.82, 2.24) is 4.90 Å². The summed E-state index contributed by atoms with van der Waals surface area (Å²) in [5.41, 5.74) is 2.29. The molecule has 2 aliphatic heterocycles. The molecule has 3 rings (SSSR count). The van der Waals surface area contributed by atoms with Crippen LogP contribution in [0.3, 0.4) is 0 Å². The van der Waals surface area contributed by atoms with Gasteiger partial charge in [-0.15, -0.1) is 0 Å². The van der Waals surface area contributed by atoms with Gasteiger partial charge in [0.25, 0.3) is 5.91 Å². The third-order valence-corrected chi connectivity index (χ3v) is 4.95. The molecule has 5 heteroatoms. The number of anilines is 1. The number of nitrogens with zero attached hydrogens (tertiary/aromatic N) is 3. The molecule has 0 bridgehead atoms. The minimum Gasteiger partial charge on any atom is -0.332 e. The first kappa shape index (κ1) is 16.7. The Bertz CT molecular complexity index is 673. The van der Waals surface area contributed by atoms with Gasteiger partial charge in [-0.1, -0.05) is 12.1 Å². The maximum Gasteiger partial charge on any atom is 0.270 e. The van der Waals surface area contributed by atoms with E-state index in [9.17, 15) is 9.59 Å². The van der Waals surface area contributed by atoms with Crippen LogP contribution in [0.15, 0.2) is 29.4 Å². The lowest BCUT2D eigenvalue weighted by atomic mass is 9.96. The number of piperidine rings is 1. The van der Waals surface area contributed by atoms with Crippen LogP contribution in [0.5, 0.6) is 0 Å². The van der Waals surface area contributed by atoms with Gasteiger partial charge in [-0.2, -0.15) is 5.10 Å². The van der Waals surface area contributed by atoms with E-state index in [2.05, 4.69) is 18.9 Å².